The summed E-state index contributed by atoms with van der Waals surface area (Å²) in [5.74, 6) is -0.494. The van der Waals surface area contributed by atoms with Gasteiger partial charge in [-0.15, -0.1) is 0 Å². The zero-order valence-corrected chi connectivity index (χ0v) is 12.6. The molecule has 3 rings (SSSR count). The first-order valence-electron chi connectivity index (χ1n) is 6.29. The Morgan fingerprint density at radius 1 is 1.36 bits per heavy atom. The maximum atomic E-state index is 11.4. The summed E-state index contributed by atoms with van der Waals surface area (Å²) in [5, 5.41) is 8.07. The van der Waals surface area contributed by atoms with Crippen molar-refractivity contribution in [3.63, 3.8) is 0 Å². The highest BCUT2D eigenvalue weighted by molar-refractivity contribution is 6.45. The molecule has 0 aliphatic heterocycles. The number of nitrogens with two attached hydrogens (primary N) is 1. The van der Waals surface area contributed by atoms with Crippen molar-refractivity contribution in [1.82, 2.24) is 15.2 Å². The van der Waals surface area contributed by atoms with Gasteiger partial charge >= 0.3 is 5.97 Å². The predicted octanol–water partition coefficient (Wildman–Crippen LogP) is 2.80. The first-order valence-corrected chi connectivity index (χ1v) is 7.04. The van der Waals surface area contributed by atoms with E-state index in [1.54, 1.807) is 30.6 Å². The minimum Gasteiger partial charge on any atom is -0.406 e. The van der Waals surface area contributed by atoms with Gasteiger partial charge in [-0.3, -0.25) is 9.89 Å². The van der Waals surface area contributed by atoms with E-state index in [9.17, 15) is 4.79 Å². The molecule has 22 heavy (non-hydrogen) atoms. The number of hydrogen-bond acceptors (Lipinski definition) is 5. The Hall–Kier alpha value is -2.15. The van der Waals surface area contributed by atoms with Crippen LogP contribution < -0.4 is 10.5 Å². The Morgan fingerprint density at radius 2 is 2.18 bits per heavy atom. The number of nitrogens with zero attached hydrogens (tertiary/aromatic N) is 2. The summed E-state index contributed by atoms with van der Waals surface area (Å²) in [7, 11) is 0. The summed E-state index contributed by atoms with van der Waals surface area (Å²) in [4.78, 5) is 15.7. The second kappa shape index (κ2) is 5.92. The summed E-state index contributed by atoms with van der Waals surface area (Å²) in [5.41, 5.74) is 7.26. The zero-order chi connectivity index (χ0) is 15.7. The van der Waals surface area contributed by atoms with Gasteiger partial charge in [0.25, 0.3) is 0 Å². The van der Waals surface area contributed by atoms with Gasteiger partial charge in [-0.05, 0) is 11.6 Å². The predicted molar refractivity (Wildman–Crippen MR) is 84.0 cm³/mol. The smallest absolute Gasteiger partial charge is 0.326 e. The number of fused-ring (bicyclic) bond motifs is 1. The van der Waals surface area contributed by atoms with Gasteiger partial charge in [0, 0.05) is 23.2 Å². The molecule has 1 aromatic carbocycles. The van der Waals surface area contributed by atoms with E-state index in [-0.39, 0.29) is 17.4 Å². The minimum absolute atomic E-state index is 0.100. The summed E-state index contributed by atoms with van der Waals surface area (Å²) < 4.78 is 5.10. The van der Waals surface area contributed by atoms with Crippen LogP contribution in [0.5, 0.6) is 5.88 Å². The lowest BCUT2D eigenvalue weighted by molar-refractivity contribution is -0.133. The van der Waals surface area contributed by atoms with Crippen molar-refractivity contribution in [2.45, 2.75) is 0 Å². The third kappa shape index (κ3) is 2.64. The quantitative estimate of drug-likeness (QED) is 0.717. The van der Waals surface area contributed by atoms with Crippen LogP contribution in [0.2, 0.25) is 10.0 Å². The van der Waals surface area contributed by atoms with Crippen LogP contribution in [0.4, 0.5) is 0 Å². The molecule has 0 fully saturated rings. The van der Waals surface area contributed by atoms with Crippen molar-refractivity contribution < 1.29 is 9.53 Å². The van der Waals surface area contributed by atoms with E-state index >= 15 is 0 Å². The Labute approximate surface area is 135 Å². The van der Waals surface area contributed by atoms with Crippen LogP contribution >= 0.6 is 23.2 Å². The number of carbonyl (C=O) groups excluding carboxylic acids is 1. The molecule has 2 heterocycles. The number of aromatic amines is 1. The van der Waals surface area contributed by atoms with Crippen LogP contribution in [0.1, 0.15) is 0 Å². The lowest BCUT2D eigenvalue weighted by atomic mass is 10.0. The molecule has 2 aromatic heterocycles. The number of benzene rings is 1. The maximum Gasteiger partial charge on any atom is 0.326 e. The first-order chi connectivity index (χ1) is 10.6. The average molecular weight is 337 g/mol. The average Bonchev–Trinajstić information content (AvgIpc) is 3.04. The van der Waals surface area contributed by atoms with E-state index in [0.29, 0.717) is 10.5 Å². The van der Waals surface area contributed by atoms with Crippen molar-refractivity contribution in [3.8, 4) is 17.0 Å². The van der Waals surface area contributed by atoms with Gasteiger partial charge in [-0.25, -0.2) is 4.98 Å². The van der Waals surface area contributed by atoms with E-state index in [1.165, 1.54) is 0 Å². The van der Waals surface area contributed by atoms with Crippen molar-refractivity contribution in [2.24, 2.45) is 5.73 Å². The third-order valence-corrected chi connectivity index (χ3v) is 3.84. The van der Waals surface area contributed by atoms with Gasteiger partial charge in [0.1, 0.15) is 0 Å². The van der Waals surface area contributed by atoms with E-state index < -0.39 is 5.97 Å². The Morgan fingerprint density at radius 3 is 2.86 bits per heavy atom. The van der Waals surface area contributed by atoms with E-state index in [4.69, 9.17) is 33.7 Å². The molecule has 0 aliphatic carbocycles. The number of aromatic nitrogens is 3. The topological polar surface area (TPSA) is 93.9 Å². The second-order valence-electron chi connectivity index (χ2n) is 4.43. The fraction of sp³-hybridized carbons (Fsp3) is 0.0714. The SMILES string of the molecule is NCC(=O)Oc1cc(-c2cn[nH]c2)c2ccc(Cl)c(Cl)c2n1. The monoisotopic (exact) mass is 336 g/mol. The minimum atomic E-state index is -0.594. The molecule has 0 unspecified atom stereocenters. The van der Waals surface area contributed by atoms with E-state index in [0.717, 1.165) is 16.5 Å². The van der Waals surface area contributed by atoms with E-state index in [1.807, 2.05) is 0 Å². The van der Waals surface area contributed by atoms with Crippen LogP contribution in [0.15, 0.2) is 30.6 Å². The number of halogens is 2. The number of pyridine rings is 1. The fourth-order valence-electron chi connectivity index (χ4n) is 2.06. The van der Waals surface area contributed by atoms with Gasteiger partial charge in [-0.1, -0.05) is 29.3 Å². The molecule has 112 valence electrons. The molecular formula is C14H10Cl2N4O2. The normalized spacial score (nSPS) is 10.9. The molecule has 3 N–H and O–H groups in total. The summed E-state index contributed by atoms with van der Waals surface area (Å²) in [6.45, 7) is -0.246. The number of hydrogen-bond donors (Lipinski definition) is 2. The van der Waals surface area contributed by atoms with Crippen LogP contribution in [0.25, 0.3) is 22.0 Å². The fourth-order valence-corrected chi connectivity index (χ4v) is 2.42. The third-order valence-electron chi connectivity index (χ3n) is 3.04. The number of carbonyl (C=O) groups is 1. The highest BCUT2D eigenvalue weighted by atomic mass is 35.5. The zero-order valence-electron chi connectivity index (χ0n) is 11.1. The van der Waals surface area contributed by atoms with Crippen molar-refractivity contribution in [2.75, 3.05) is 6.54 Å². The molecule has 0 aliphatic rings. The maximum absolute atomic E-state index is 11.4. The first kappa shape index (κ1) is 14.8. The largest absolute Gasteiger partial charge is 0.406 e. The van der Waals surface area contributed by atoms with Crippen LogP contribution in [0.3, 0.4) is 0 Å². The lowest BCUT2D eigenvalue weighted by Gasteiger charge is -2.10. The number of esters is 1. The van der Waals surface area contributed by atoms with Gasteiger partial charge < -0.3 is 10.5 Å². The molecule has 0 atom stereocenters. The molecule has 3 aromatic rings. The Balaban J connectivity index is 2.27. The van der Waals surface area contributed by atoms with Crippen molar-refractivity contribution in [3.05, 3.63) is 40.6 Å². The van der Waals surface area contributed by atoms with Crippen molar-refractivity contribution in [1.29, 1.82) is 0 Å². The van der Waals surface area contributed by atoms with Crippen LogP contribution in [-0.4, -0.2) is 27.7 Å². The van der Waals surface area contributed by atoms with Gasteiger partial charge in [0.05, 0.1) is 28.3 Å². The summed E-state index contributed by atoms with van der Waals surface area (Å²) in [6.07, 6.45) is 3.36. The van der Waals surface area contributed by atoms with Gasteiger partial charge in [-0.2, -0.15) is 5.10 Å². The molecule has 0 amide bonds. The van der Waals surface area contributed by atoms with Gasteiger partial charge in [0.2, 0.25) is 5.88 Å². The Kier molecular flexibility index (Phi) is 3.98. The highest BCUT2D eigenvalue weighted by Crippen LogP contribution is 2.36. The molecule has 0 bridgehead atoms. The van der Waals surface area contributed by atoms with E-state index in [2.05, 4.69) is 15.2 Å². The summed E-state index contributed by atoms with van der Waals surface area (Å²) in [6, 6.07) is 5.11. The molecular weight excluding hydrogens is 327 g/mol. The highest BCUT2D eigenvalue weighted by Gasteiger charge is 2.15. The second-order valence-corrected chi connectivity index (χ2v) is 5.22. The number of nitrogens with one attached hydrogen (secondary N) is 1. The molecule has 0 spiro atoms. The molecule has 0 saturated carbocycles. The van der Waals surface area contributed by atoms with Crippen molar-refractivity contribution >= 4 is 40.1 Å². The molecule has 6 nitrogen and oxygen atoms in total. The Bertz CT molecular complexity index is 850. The number of ether oxygens (including phenoxy) is 1. The number of rotatable bonds is 3. The molecule has 0 radical (unpaired) electrons. The van der Waals surface area contributed by atoms with Crippen LogP contribution in [-0.2, 0) is 4.79 Å². The molecule has 8 heteroatoms. The lowest BCUT2D eigenvalue weighted by Crippen LogP contribution is -2.20. The number of H-pyrrole nitrogens is 1. The molecule has 0 saturated heterocycles. The van der Waals surface area contributed by atoms with Crippen LogP contribution in [0, 0.1) is 0 Å². The standard InChI is InChI=1S/C14H10Cl2N4O2/c15-10-2-1-8-9(7-5-18-19-6-7)3-11(22-12(21)4-17)20-14(8)13(10)16/h1-3,5-6H,4,17H2,(H,18,19). The summed E-state index contributed by atoms with van der Waals surface area (Å²) >= 11 is 12.3. The van der Waals surface area contributed by atoms with Gasteiger partial charge in [0.15, 0.2) is 0 Å².